The first-order chi connectivity index (χ1) is 21.5. The Morgan fingerprint density at radius 3 is 2.07 bits per heavy atom. The van der Waals surface area contributed by atoms with Gasteiger partial charge in [-0.1, -0.05) is 79.7 Å². The molecule has 0 heterocycles. The summed E-state index contributed by atoms with van der Waals surface area (Å²) in [6, 6.07) is 27.2. The highest BCUT2D eigenvalue weighted by atomic mass is 32.2. The number of amides is 2. The Morgan fingerprint density at radius 2 is 1.44 bits per heavy atom. The summed E-state index contributed by atoms with van der Waals surface area (Å²) in [5.41, 5.74) is 3.39. The maximum absolute atomic E-state index is 14.5. The van der Waals surface area contributed by atoms with Crippen LogP contribution in [0.3, 0.4) is 0 Å². The zero-order valence-corrected chi connectivity index (χ0v) is 26.9. The van der Waals surface area contributed by atoms with E-state index in [4.69, 9.17) is 0 Å². The summed E-state index contributed by atoms with van der Waals surface area (Å²) in [6.07, 6.45) is 0.885. The monoisotopic (exact) mass is 629 g/mol. The standard InChI is InChI=1S/C36H40FN3O4S/c1-5-27(3)38-36(42)34(23-29-14-8-6-9-15-29)39(24-30-19-21-31(37)22-20-30)35(41)25-40(33-18-12-13-26(2)28(33)4)45(43,44)32-16-10-7-11-17-32/h6-22,27,34H,5,23-25H2,1-4H3,(H,38,42)/t27-,34-/m0/s1. The number of halogens is 1. The number of carbonyl (C=O) groups excluding carboxylic acids is 2. The number of rotatable bonds is 13. The van der Waals surface area contributed by atoms with E-state index < -0.39 is 34.3 Å². The molecule has 236 valence electrons. The predicted molar refractivity (Wildman–Crippen MR) is 176 cm³/mol. The van der Waals surface area contributed by atoms with Crippen LogP contribution in [0.2, 0.25) is 0 Å². The van der Waals surface area contributed by atoms with Gasteiger partial charge in [0.25, 0.3) is 10.0 Å². The highest BCUT2D eigenvalue weighted by Gasteiger charge is 2.35. The summed E-state index contributed by atoms with van der Waals surface area (Å²) in [5.74, 6) is -1.35. The lowest BCUT2D eigenvalue weighted by Gasteiger charge is -2.34. The molecule has 0 aliphatic carbocycles. The van der Waals surface area contributed by atoms with Gasteiger partial charge >= 0.3 is 0 Å². The van der Waals surface area contributed by atoms with Crippen LogP contribution in [0.4, 0.5) is 10.1 Å². The lowest BCUT2D eigenvalue weighted by Crippen LogP contribution is -2.54. The lowest BCUT2D eigenvalue weighted by atomic mass is 10.0. The summed E-state index contributed by atoms with van der Waals surface area (Å²) in [5, 5.41) is 3.01. The molecule has 0 aliphatic rings. The van der Waals surface area contributed by atoms with E-state index in [0.717, 1.165) is 15.4 Å². The van der Waals surface area contributed by atoms with E-state index in [9.17, 15) is 22.4 Å². The summed E-state index contributed by atoms with van der Waals surface area (Å²) in [6.45, 7) is 6.95. The van der Waals surface area contributed by atoms with Gasteiger partial charge in [0.1, 0.15) is 18.4 Å². The highest BCUT2D eigenvalue weighted by molar-refractivity contribution is 7.92. The number of nitrogens with zero attached hydrogens (tertiary/aromatic N) is 2. The number of hydrogen-bond donors (Lipinski definition) is 1. The van der Waals surface area contributed by atoms with Crippen molar-refractivity contribution in [3.05, 3.63) is 131 Å². The number of nitrogens with one attached hydrogen (secondary N) is 1. The summed E-state index contributed by atoms with van der Waals surface area (Å²) >= 11 is 0. The van der Waals surface area contributed by atoms with Gasteiger partial charge in [0.05, 0.1) is 10.6 Å². The van der Waals surface area contributed by atoms with Gasteiger partial charge in [0.15, 0.2) is 0 Å². The minimum Gasteiger partial charge on any atom is -0.352 e. The fourth-order valence-electron chi connectivity index (χ4n) is 5.02. The first-order valence-electron chi connectivity index (χ1n) is 15.0. The van der Waals surface area contributed by atoms with Gasteiger partial charge in [-0.05, 0) is 79.8 Å². The van der Waals surface area contributed by atoms with Crippen LogP contribution in [0.15, 0.2) is 108 Å². The van der Waals surface area contributed by atoms with Crippen molar-refractivity contribution >= 4 is 27.5 Å². The van der Waals surface area contributed by atoms with Crippen LogP contribution < -0.4 is 9.62 Å². The van der Waals surface area contributed by atoms with Crippen molar-refractivity contribution in [1.82, 2.24) is 10.2 Å². The number of sulfonamides is 1. The Kier molecular flexibility index (Phi) is 11.1. The minimum absolute atomic E-state index is 0.0312. The molecule has 0 saturated heterocycles. The normalized spacial score (nSPS) is 12.6. The van der Waals surface area contributed by atoms with Crippen LogP contribution in [0.5, 0.6) is 0 Å². The van der Waals surface area contributed by atoms with Gasteiger partial charge in [-0.3, -0.25) is 13.9 Å². The van der Waals surface area contributed by atoms with Crippen molar-refractivity contribution in [2.75, 3.05) is 10.8 Å². The number of anilines is 1. The maximum Gasteiger partial charge on any atom is 0.264 e. The Balaban J connectivity index is 1.83. The van der Waals surface area contributed by atoms with Crippen molar-refractivity contribution in [3.8, 4) is 0 Å². The fourth-order valence-corrected chi connectivity index (χ4v) is 6.51. The molecular weight excluding hydrogens is 589 g/mol. The molecule has 0 saturated carbocycles. The Morgan fingerprint density at radius 1 is 0.822 bits per heavy atom. The second-order valence-electron chi connectivity index (χ2n) is 11.2. The minimum atomic E-state index is -4.19. The van der Waals surface area contributed by atoms with E-state index in [2.05, 4.69) is 5.32 Å². The molecule has 0 unspecified atom stereocenters. The Hall–Kier alpha value is -4.50. The largest absolute Gasteiger partial charge is 0.352 e. The maximum atomic E-state index is 14.5. The fraction of sp³-hybridized carbons (Fsp3) is 0.278. The molecule has 0 bridgehead atoms. The highest BCUT2D eigenvalue weighted by Crippen LogP contribution is 2.29. The molecule has 2 atom stereocenters. The molecule has 0 aliphatic heterocycles. The lowest BCUT2D eigenvalue weighted by molar-refractivity contribution is -0.140. The molecule has 9 heteroatoms. The van der Waals surface area contributed by atoms with Crippen LogP contribution in [-0.4, -0.2) is 43.8 Å². The molecule has 4 aromatic carbocycles. The zero-order chi connectivity index (χ0) is 32.6. The molecule has 0 fully saturated rings. The average Bonchev–Trinajstić information content (AvgIpc) is 3.04. The van der Waals surface area contributed by atoms with E-state index in [1.807, 2.05) is 64.1 Å². The Labute approximate surface area is 265 Å². The van der Waals surface area contributed by atoms with Gasteiger partial charge in [0, 0.05) is 19.0 Å². The molecule has 1 N–H and O–H groups in total. The van der Waals surface area contributed by atoms with E-state index >= 15 is 0 Å². The number of aryl methyl sites for hydroxylation is 1. The van der Waals surface area contributed by atoms with Gasteiger partial charge < -0.3 is 10.2 Å². The molecular formula is C36H40FN3O4S. The molecule has 0 spiro atoms. The smallest absolute Gasteiger partial charge is 0.264 e. The van der Waals surface area contributed by atoms with Crippen LogP contribution in [0, 0.1) is 19.7 Å². The first kappa shape index (κ1) is 33.4. The van der Waals surface area contributed by atoms with Crippen LogP contribution >= 0.6 is 0 Å². The van der Waals surface area contributed by atoms with Crippen molar-refractivity contribution < 1.29 is 22.4 Å². The van der Waals surface area contributed by atoms with Crippen molar-refractivity contribution in [1.29, 1.82) is 0 Å². The van der Waals surface area contributed by atoms with Crippen LogP contribution in [0.1, 0.15) is 42.5 Å². The zero-order valence-electron chi connectivity index (χ0n) is 26.1. The van der Waals surface area contributed by atoms with Gasteiger partial charge in [-0.15, -0.1) is 0 Å². The Bertz CT molecular complexity index is 1700. The SMILES string of the molecule is CC[C@H](C)NC(=O)[C@H](Cc1ccccc1)N(Cc1ccc(F)cc1)C(=O)CN(c1cccc(C)c1C)S(=O)(=O)c1ccccc1. The van der Waals surface area contributed by atoms with E-state index in [1.54, 1.807) is 42.5 Å². The van der Waals surface area contributed by atoms with E-state index in [-0.39, 0.29) is 29.8 Å². The topological polar surface area (TPSA) is 86.8 Å². The third-order valence-corrected chi connectivity index (χ3v) is 9.77. The van der Waals surface area contributed by atoms with E-state index in [0.29, 0.717) is 23.2 Å². The predicted octanol–water partition coefficient (Wildman–Crippen LogP) is 6.19. The number of hydrogen-bond acceptors (Lipinski definition) is 4. The number of carbonyl (C=O) groups is 2. The number of benzene rings is 4. The molecule has 2 amide bonds. The second-order valence-corrected chi connectivity index (χ2v) is 13.1. The van der Waals surface area contributed by atoms with Crippen molar-refractivity contribution in [2.24, 2.45) is 0 Å². The molecule has 0 radical (unpaired) electrons. The molecule has 45 heavy (non-hydrogen) atoms. The van der Waals surface area contributed by atoms with Gasteiger partial charge in [-0.25, -0.2) is 12.8 Å². The van der Waals surface area contributed by atoms with Crippen LogP contribution in [0.25, 0.3) is 0 Å². The molecule has 4 aromatic rings. The molecule has 0 aromatic heterocycles. The molecule has 7 nitrogen and oxygen atoms in total. The quantitative estimate of drug-likeness (QED) is 0.191. The summed E-state index contributed by atoms with van der Waals surface area (Å²) < 4.78 is 43.3. The summed E-state index contributed by atoms with van der Waals surface area (Å²) in [4.78, 5) is 29.9. The second kappa shape index (κ2) is 15.0. The summed E-state index contributed by atoms with van der Waals surface area (Å²) in [7, 11) is -4.19. The first-order valence-corrected chi connectivity index (χ1v) is 16.5. The van der Waals surface area contributed by atoms with E-state index in [1.165, 1.54) is 29.2 Å². The van der Waals surface area contributed by atoms with Gasteiger partial charge in [0.2, 0.25) is 11.8 Å². The van der Waals surface area contributed by atoms with Crippen molar-refractivity contribution in [3.63, 3.8) is 0 Å². The van der Waals surface area contributed by atoms with Crippen LogP contribution in [-0.2, 0) is 32.6 Å². The third-order valence-electron chi connectivity index (χ3n) is 7.99. The molecule has 4 rings (SSSR count). The third kappa shape index (κ3) is 8.36. The van der Waals surface area contributed by atoms with Crippen molar-refractivity contribution in [2.45, 2.75) is 64.1 Å². The average molecular weight is 630 g/mol. The van der Waals surface area contributed by atoms with Gasteiger partial charge in [-0.2, -0.15) is 0 Å².